The Morgan fingerprint density at radius 3 is 2.21 bits per heavy atom. The fraction of sp³-hybridized carbons (Fsp3) is 0.692. The van der Waals surface area contributed by atoms with Crippen LogP contribution in [0.1, 0.15) is 39.0 Å². The van der Waals surface area contributed by atoms with E-state index in [2.05, 4.69) is 39.0 Å². The molecule has 1 aliphatic carbocycles. The lowest BCUT2D eigenvalue weighted by molar-refractivity contribution is -0.134. The molecule has 1 aromatic rings. The average Bonchev–Trinajstić information content (AvgIpc) is 3.58. The summed E-state index contributed by atoms with van der Waals surface area (Å²) in [6, 6.07) is 11.1. The van der Waals surface area contributed by atoms with Crippen molar-refractivity contribution in [3.05, 3.63) is 30.3 Å². The molecule has 33 heavy (non-hydrogen) atoms. The van der Waals surface area contributed by atoms with E-state index in [0.717, 1.165) is 84.5 Å². The fourth-order valence-corrected chi connectivity index (χ4v) is 6.26. The van der Waals surface area contributed by atoms with Crippen LogP contribution in [-0.4, -0.2) is 91.7 Å². The molecule has 3 saturated heterocycles. The Labute approximate surface area is 197 Å². The van der Waals surface area contributed by atoms with Crippen LogP contribution in [0.2, 0.25) is 0 Å². The molecule has 4 aliphatic rings. The summed E-state index contributed by atoms with van der Waals surface area (Å²) in [5.41, 5.74) is 1.52. The molecular weight excluding hydrogens is 416 g/mol. The number of amides is 2. The lowest BCUT2D eigenvalue weighted by atomic mass is 9.88. The van der Waals surface area contributed by atoms with Crippen LogP contribution in [0.15, 0.2) is 30.3 Å². The third-order valence-corrected chi connectivity index (χ3v) is 8.50. The van der Waals surface area contributed by atoms with Gasteiger partial charge in [-0.15, -0.1) is 0 Å². The molecule has 0 N–H and O–H groups in total. The first-order chi connectivity index (χ1) is 16.1. The van der Waals surface area contributed by atoms with Gasteiger partial charge in [-0.2, -0.15) is 0 Å². The molecule has 3 aliphatic heterocycles. The SMILES string of the molecule is CCOC(=O)N1CCC(N2CCC3(CC2)CC3C(=O)N2CCN(c3ccccc3)CC2)CC1. The lowest BCUT2D eigenvalue weighted by Gasteiger charge is -2.42. The zero-order valence-corrected chi connectivity index (χ0v) is 20.0. The molecule has 4 fully saturated rings. The summed E-state index contributed by atoms with van der Waals surface area (Å²) >= 11 is 0. The third-order valence-electron chi connectivity index (χ3n) is 8.50. The molecule has 7 heteroatoms. The first-order valence-electron chi connectivity index (χ1n) is 12.8. The molecule has 1 atom stereocenters. The summed E-state index contributed by atoms with van der Waals surface area (Å²) in [4.78, 5) is 34.2. The summed E-state index contributed by atoms with van der Waals surface area (Å²) in [6.07, 6.45) is 5.26. The molecule has 1 saturated carbocycles. The van der Waals surface area contributed by atoms with Gasteiger partial charge >= 0.3 is 6.09 Å². The molecule has 0 bridgehead atoms. The van der Waals surface area contributed by atoms with E-state index in [9.17, 15) is 9.59 Å². The summed E-state index contributed by atoms with van der Waals surface area (Å²) < 4.78 is 5.14. The summed E-state index contributed by atoms with van der Waals surface area (Å²) in [7, 11) is 0. The zero-order valence-electron chi connectivity index (χ0n) is 20.0. The van der Waals surface area contributed by atoms with Gasteiger partial charge in [-0.05, 0) is 69.7 Å². The first kappa shape index (κ1) is 22.5. The molecular formula is C26H38N4O3. The highest BCUT2D eigenvalue weighted by Crippen LogP contribution is 2.60. The van der Waals surface area contributed by atoms with E-state index in [1.807, 2.05) is 17.9 Å². The van der Waals surface area contributed by atoms with Gasteiger partial charge in [-0.3, -0.25) is 4.79 Å². The van der Waals surface area contributed by atoms with Gasteiger partial charge in [0, 0.05) is 56.9 Å². The Hall–Kier alpha value is -2.28. The van der Waals surface area contributed by atoms with Crippen molar-refractivity contribution in [1.29, 1.82) is 0 Å². The van der Waals surface area contributed by atoms with Crippen LogP contribution in [-0.2, 0) is 9.53 Å². The van der Waals surface area contributed by atoms with Crippen LogP contribution >= 0.6 is 0 Å². The molecule has 3 heterocycles. The van der Waals surface area contributed by atoms with Crippen LogP contribution in [0.3, 0.4) is 0 Å². The van der Waals surface area contributed by atoms with Crippen LogP contribution in [0, 0.1) is 11.3 Å². The van der Waals surface area contributed by atoms with Crippen molar-refractivity contribution < 1.29 is 14.3 Å². The average molecular weight is 455 g/mol. The van der Waals surface area contributed by atoms with Crippen molar-refractivity contribution >= 4 is 17.7 Å². The van der Waals surface area contributed by atoms with Gasteiger partial charge in [0.25, 0.3) is 0 Å². The van der Waals surface area contributed by atoms with Crippen LogP contribution in [0.4, 0.5) is 10.5 Å². The number of para-hydroxylation sites is 1. The number of anilines is 1. The summed E-state index contributed by atoms with van der Waals surface area (Å²) in [5, 5.41) is 0. The van der Waals surface area contributed by atoms with Gasteiger partial charge in [-0.25, -0.2) is 4.79 Å². The molecule has 1 aromatic carbocycles. The second-order valence-corrected chi connectivity index (χ2v) is 10.2. The monoisotopic (exact) mass is 454 g/mol. The second-order valence-electron chi connectivity index (χ2n) is 10.2. The minimum absolute atomic E-state index is 0.169. The minimum Gasteiger partial charge on any atom is -0.450 e. The molecule has 7 nitrogen and oxygen atoms in total. The van der Waals surface area contributed by atoms with E-state index in [0.29, 0.717) is 18.6 Å². The minimum atomic E-state index is -0.169. The van der Waals surface area contributed by atoms with Gasteiger partial charge in [-0.1, -0.05) is 18.2 Å². The number of piperazine rings is 1. The number of hydrogen-bond donors (Lipinski definition) is 0. The van der Waals surface area contributed by atoms with E-state index < -0.39 is 0 Å². The predicted octanol–water partition coefficient (Wildman–Crippen LogP) is 3.06. The first-order valence-corrected chi connectivity index (χ1v) is 12.8. The van der Waals surface area contributed by atoms with E-state index in [1.165, 1.54) is 5.69 Å². The number of ether oxygens (including phenoxy) is 1. The number of hydrogen-bond acceptors (Lipinski definition) is 5. The Kier molecular flexibility index (Phi) is 6.50. The fourth-order valence-electron chi connectivity index (χ4n) is 6.26. The van der Waals surface area contributed by atoms with Crippen molar-refractivity contribution in [3.8, 4) is 0 Å². The topological polar surface area (TPSA) is 56.3 Å². The van der Waals surface area contributed by atoms with Crippen LogP contribution in [0.5, 0.6) is 0 Å². The number of piperidine rings is 2. The summed E-state index contributed by atoms with van der Waals surface area (Å²) in [5.74, 6) is 0.646. The molecule has 5 rings (SSSR count). The lowest BCUT2D eigenvalue weighted by Crippen LogP contribution is -2.51. The Morgan fingerprint density at radius 1 is 0.909 bits per heavy atom. The van der Waals surface area contributed by atoms with E-state index in [-0.39, 0.29) is 17.4 Å². The molecule has 0 aromatic heterocycles. The van der Waals surface area contributed by atoms with Gasteiger partial charge in [0.05, 0.1) is 6.61 Å². The number of benzene rings is 1. The smallest absolute Gasteiger partial charge is 0.409 e. The highest BCUT2D eigenvalue weighted by atomic mass is 16.6. The zero-order chi connectivity index (χ0) is 22.8. The van der Waals surface area contributed by atoms with E-state index >= 15 is 0 Å². The number of carbonyl (C=O) groups is 2. The Morgan fingerprint density at radius 2 is 1.58 bits per heavy atom. The van der Waals surface area contributed by atoms with Crippen molar-refractivity contribution in [1.82, 2.24) is 14.7 Å². The number of nitrogens with zero attached hydrogens (tertiary/aromatic N) is 4. The van der Waals surface area contributed by atoms with Gasteiger partial charge in [0.2, 0.25) is 5.91 Å². The molecule has 1 unspecified atom stereocenters. The van der Waals surface area contributed by atoms with E-state index in [1.54, 1.807) is 0 Å². The Bertz CT molecular complexity index is 823. The van der Waals surface area contributed by atoms with Crippen molar-refractivity contribution in [2.75, 3.05) is 63.9 Å². The summed E-state index contributed by atoms with van der Waals surface area (Å²) in [6.45, 7) is 9.59. The van der Waals surface area contributed by atoms with E-state index in [4.69, 9.17) is 4.74 Å². The predicted molar refractivity (Wildman–Crippen MR) is 128 cm³/mol. The molecule has 180 valence electrons. The standard InChI is InChI=1S/C26H38N4O3/c1-2-33-25(32)30-12-8-22(9-13-30)27-14-10-26(11-15-27)20-23(26)24(31)29-18-16-28(17-19-29)21-6-4-3-5-7-21/h3-7,22-23H,2,8-20H2,1H3. The maximum atomic E-state index is 13.3. The van der Waals surface area contributed by atoms with Crippen LogP contribution < -0.4 is 4.90 Å². The van der Waals surface area contributed by atoms with Gasteiger partial charge < -0.3 is 24.3 Å². The van der Waals surface area contributed by atoms with Gasteiger partial charge in [0.15, 0.2) is 0 Å². The highest BCUT2D eigenvalue weighted by molar-refractivity contribution is 5.83. The quantitative estimate of drug-likeness (QED) is 0.700. The number of carbonyl (C=O) groups excluding carboxylic acids is 2. The van der Waals surface area contributed by atoms with Gasteiger partial charge in [0.1, 0.15) is 0 Å². The molecule has 2 amide bonds. The van der Waals surface area contributed by atoms with Crippen molar-refractivity contribution in [2.24, 2.45) is 11.3 Å². The third kappa shape index (κ3) is 4.70. The number of likely N-dealkylation sites (tertiary alicyclic amines) is 2. The normalized spacial score (nSPS) is 25.8. The molecule has 1 spiro atoms. The second kappa shape index (κ2) is 9.53. The van der Waals surface area contributed by atoms with Crippen molar-refractivity contribution in [3.63, 3.8) is 0 Å². The Balaban J connectivity index is 1.06. The molecule has 0 radical (unpaired) electrons. The van der Waals surface area contributed by atoms with Crippen molar-refractivity contribution in [2.45, 2.75) is 45.1 Å². The largest absolute Gasteiger partial charge is 0.450 e. The maximum Gasteiger partial charge on any atom is 0.409 e. The number of rotatable bonds is 4. The highest BCUT2D eigenvalue weighted by Gasteiger charge is 2.59. The maximum absolute atomic E-state index is 13.3. The van der Waals surface area contributed by atoms with Crippen LogP contribution in [0.25, 0.3) is 0 Å².